The van der Waals surface area contributed by atoms with Gasteiger partial charge < -0.3 is 10.4 Å². The third-order valence-electron chi connectivity index (χ3n) is 3.27. The van der Waals surface area contributed by atoms with Crippen LogP contribution in [0, 0.1) is 5.82 Å². The van der Waals surface area contributed by atoms with E-state index in [9.17, 15) is 27.5 Å². The zero-order valence-corrected chi connectivity index (χ0v) is 12.9. The first-order valence-corrected chi connectivity index (χ1v) is 8.13. The molecule has 2 amide bonds. The van der Waals surface area contributed by atoms with E-state index in [4.69, 9.17) is 0 Å². The summed E-state index contributed by atoms with van der Waals surface area (Å²) in [6, 6.07) is 2.17. The number of amides is 2. The Bertz CT molecular complexity index is 846. The van der Waals surface area contributed by atoms with Crippen LogP contribution in [0.1, 0.15) is 5.56 Å². The van der Waals surface area contributed by atoms with E-state index in [1.807, 2.05) is 0 Å². The molecule has 1 aromatic rings. The molecule has 4 N–H and O–H groups in total. The Morgan fingerprint density at radius 1 is 1.33 bits per heavy atom. The Morgan fingerprint density at radius 2 is 2.08 bits per heavy atom. The third kappa shape index (κ3) is 2.95. The smallest absolute Gasteiger partial charge is 0.326 e. The zero-order chi connectivity index (χ0) is 17.5. The molecular weight excluding hydrogens is 345 g/mol. The molecule has 12 heteroatoms. The highest BCUT2D eigenvalue weighted by atomic mass is 32.2. The van der Waals surface area contributed by atoms with Crippen LogP contribution in [0.25, 0.3) is 0 Å². The number of nitrogens with zero attached hydrogens (tertiary/aromatic N) is 2. The van der Waals surface area contributed by atoms with Crippen LogP contribution in [-0.4, -0.2) is 44.4 Å². The van der Waals surface area contributed by atoms with Gasteiger partial charge in [-0.25, -0.2) is 18.4 Å². The van der Waals surface area contributed by atoms with Crippen LogP contribution in [0.5, 0.6) is 5.75 Å². The molecule has 2 heterocycles. The summed E-state index contributed by atoms with van der Waals surface area (Å²) >= 11 is 0. The third-order valence-corrected chi connectivity index (χ3v) is 4.65. The molecule has 10 nitrogen and oxygen atoms in total. The normalized spacial score (nSPS) is 19.0. The molecule has 0 saturated carbocycles. The first-order chi connectivity index (χ1) is 11.3. The second-order valence-corrected chi connectivity index (χ2v) is 6.64. The summed E-state index contributed by atoms with van der Waals surface area (Å²) in [5.74, 6) is -2.53. The number of benzene rings is 1. The number of aromatic hydroxyl groups is 1. The molecule has 2 aliphatic heterocycles. The molecule has 0 spiro atoms. The summed E-state index contributed by atoms with van der Waals surface area (Å²) in [7, 11) is -4.23. The van der Waals surface area contributed by atoms with Gasteiger partial charge in [-0.2, -0.15) is 8.42 Å². The first-order valence-electron chi connectivity index (χ1n) is 6.69. The van der Waals surface area contributed by atoms with Crippen LogP contribution in [0.3, 0.4) is 0 Å². The average Bonchev–Trinajstić information content (AvgIpc) is 2.99. The maximum absolute atomic E-state index is 14.3. The van der Waals surface area contributed by atoms with Crippen molar-refractivity contribution in [3.8, 4) is 5.75 Å². The number of aliphatic imine (C=N–C) groups is 1. The second kappa shape index (κ2) is 5.63. The number of nitrogens with one attached hydrogen (secondary N) is 3. The maximum atomic E-state index is 14.3. The predicted octanol–water partition coefficient (Wildman–Crippen LogP) is -1.71. The van der Waals surface area contributed by atoms with E-state index < -0.39 is 39.9 Å². The van der Waals surface area contributed by atoms with E-state index in [2.05, 4.69) is 15.6 Å². The molecule has 128 valence electrons. The number of rotatable bonds is 3. The number of anilines is 1. The summed E-state index contributed by atoms with van der Waals surface area (Å²) in [6.45, 7) is -0.588. The monoisotopic (exact) mass is 357 g/mol. The Balaban J connectivity index is 1.81. The number of hydrogen-bond donors (Lipinski definition) is 4. The topological polar surface area (TPSA) is 140 Å². The molecule has 2 aliphatic rings. The number of carbonyl (C=O) groups is 2. The quantitative estimate of drug-likeness (QED) is 0.508. The standard InChI is InChI=1S/C12H12FN5O5S/c13-7-1-6(3-14-12-15-4-9(20)16-12)2-8(19)11(7)18-5-10(21)17-24(18,22)23/h1-2,19H,3-5H2,(H,17,21)(H2,14,15,16,20). The number of phenols is 1. The van der Waals surface area contributed by atoms with Gasteiger partial charge in [0.25, 0.3) is 5.91 Å². The number of hydrogen-bond acceptors (Lipinski definition) is 7. The zero-order valence-electron chi connectivity index (χ0n) is 12.0. The highest BCUT2D eigenvalue weighted by molar-refractivity contribution is 7.92. The fraction of sp³-hybridized carbons (Fsp3) is 0.250. The summed E-state index contributed by atoms with van der Waals surface area (Å²) in [6.07, 6.45) is 0. The van der Waals surface area contributed by atoms with Crippen molar-refractivity contribution >= 4 is 33.7 Å². The summed E-state index contributed by atoms with van der Waals surface area (Å²) in [5, 5.41) is 15.1. The lowest BCUT2D eigenvalue weighted by Crippen LogP contribution is -2.35. The van der Waals surface area contributed by atoms with Crippen molar-refractivity contribution in [1.82, 2.24) is 15.4 Å². The van der Waals surface area contributed by atoms with Crippen molar-refractivity contribution in [3.63, 3.8) is 0 Å². The van der Waals surface area contributed by atoms with Crippen molar-refractivity contribution in [1.29, 1.82) is 0 Å². The first kappa shape index (κ1) is 16.0. The Kier molecular flexibility index (Phi) is 3.75. The van der Waals surface area contributed by atoms with Crippen molar-refractivity contribution in [2.75, 3.05) is 17.4 Å². The number of carbonyl (C=O) groups excluding carboxylic acids is 2. The predicted molar refractivity (Wildman–Crippen MR) is 79.8 cm³/mol. The van der Waals surface area contributed by atoms with Crippen LogP contribution in [-0.2, 0) is 26.3 Å². The SMILES string of the molecule is O=C1CN=C(NCc2cc(O)c(N3CC(=O)NS3(=O)=O)c(F)c2)N1. The summed E-state index contributed by atoms with van der Waals surface area (Å²) in [4.78, 5) is 26.0. The van der Waals surface area contributed by atoms with Crippen molar-refractivity contribution in [2.24, 2.45) is 4.99 Å². The van der Waals surface area contributed by atoms with E-state index in [1.54, 1.807) is 4.72 Å². The number of phenolic OH excluding ortho intramolecular Hbond substituents is 1. The molecule has 0 aromatic heterocycles. The summed E-state index contributed by atoms with van der Waals surface area (Å²) < 4.78 is 39.9. The molecule has 0 radical (unpaired) electrons. The molecule has 1 fully saturated rings. The van der Waals surface area contributed by atoms with E-state index >= 15 is 0 Å². The van der Waals surface area contributed by atoms with Crippen molar-refractivity contribution in [3.05, 3.63) is 23.5 Å². The van der Waals surface area contributed by atoms with Crippen LogP contribution < -0.4 is 19.7 Å². The van der Waals surface area contributed by atoms with Crippen molar-refractivity contribution < 1.29 is 27.5 Å². The highest BCUT2D eigenvalue weighted by Crippen LogP contribution is 2.34. The number of guanidine groups is 1. The molecule has 0 aliphatic carbocycles. The van der Waals surface area contributed by atoms with Gasteiger partial charge in [-0.05, 0) is 17.7 Å². The van der Waals surface area contributed by atoms with E-state index in [0.29, 0.717) is 4.31 Å². The largest absolute Gasteiger partial charge is 0.506 e. The van der Waals surface area contributed by atoms with E-state index in [0.717, 1.165) is 12.1 Å². The molecule has 0 unspecified atom stereocenters. The van der Waals surface area contributed by atoms with Crippen LogP contribution in [0.2, 0.25) is 0 Å². The molecule has 3 rings (SSSR count). The minimum Gasteiger partial charge on any atom is -0.506 e. The molecule has 24 heavy (non-hydrogen) atoms. The van der Waals surface area contributed by atoms with Gasteiger partial charge in [-0.1, -0.05) is 0 Å². The maximum Gasteiger partial charge on any atom is 0.326 e. The molecule has 0 atom stereocenters. The minimum absolute atomic E-state index is 0.00523. The van der Waals surface area contributed by atoms with Gasteiger partial charge in [0.15, 0.2) is 11.8 Å². The Hall–Kier alpha value is -2.89. The molecule has 1 aromatic carbocycles. The fourth-order valence-electron chi connectivity index (χ4n) is 2.28. The average molecular weight is 357 g/mol. The molecular formula is C12H12FN5O5S. The second-order valence-electron chi connectivity index (χ2n) is 5.05. The lowest BCUT2D eigenvalue weighted by molar-refractivity contribution is -0.118. The van der Waals surface area contributed by atoms with Gasteiger partial charge in [0, 0.05) is 6.54 Å². The highest BCUT2D eigenvalue weighted by Gasteiger charge is 2.37. The Labute approximate surface area is 135 Å². The molecule has 0 bridgehead atoms. The van der Waals surface area contributed by atoms with Gasteiger partial charge >= 0.3 is 10.2 Å². The van der Waals surface area contributed by atoms with Crippen LogP contribution in [0.15, 0.2) is 17.1 Å². The fourth-order valence-corrected chi connectivity index (χ4v) is 3.45. The van der Waals surface area contributed by atoms with Gasteiger partial charge in [0.2, 0.25) is 5.91 Å². The molecule has 1 saturated heterocycles. The lowest BCUT2D eigenvalue weighted by Gasteiger charge is -2.18. The summed E-state index contributed by atoms with van der Waals surface area (Å²) in [5.41, 5.74) is -0.322. The van der Waals surface area contributed by atoms with Crippen LogP contribution >= 0.6 is 0 Å². The van der Waals surface area contributed by atoms with Gasteiger partial charge in [-0.15, -0.1) is 0 Å². The van der Waals surface area contributed by atoms with Crippen LogP contribution in [0.4, 0.5) is 10.1 Å². The van der Waals surface area contributed by atoms with E-state index in [-0.39, 0.29) is 30.5 Å². The number of halogens is 1. The van der Waals surface area contributed by atoms with Gasteiger partial charge in [0.05, 0.1) is 0 Å². The lowest BCUT2D eigenvalue weighted by atomic mass is 10.1. The minimum atomic E-state index is -4.23. The van der Waals surface area contributed by atoms with Gasteiger partial charge in [-0.3, -0.25) is 14.9 Å². The Morgan fingerprint density at radius 3 is 2.62 bits per heavy atom. The van der Waals surface area contributed by atoms with E-state index in [1.165, 1.54) is 0 Å². The van der Waals surface area contributed by atoms with Crippen molar-refractivity contribution in [2.45, 2.75) is 6.54 Å². The van der Waals surface area contributed by atoms with Gasteiger partial charge in [0.1, 0.15) is 24.5 Å².